The molecule has 48 heavy (non-hydrogen) atoms. The number of thiophene rings is 1. The fraction of sp³-hybridized carbons (Fsp3) is 0.529. The second kappa shape index (κ2) is 15.2. The number of likely N-dealkylation sites (tertiary alicyclic amines) is 1. The molecule has 3 aliphatic rings. The summed E-state index contributed by atoms with van der Waals surface area (Å²) in [5, 5.41) is 7.46. The van der Waals surface area contributed by atoms with E-state index in [9.17, 15) is 14.4 Å². The number of hydrogen-bond acceptors (Lipinski definition) is 11. The molecule has 14 heteroatoms. The molecular formula is C34H42ClN5O7S. The topological polar surface area (TPSA) is 127 Å². The fourth-order valence-electron chi connectivity index (χ4n) is 6.53. The number of fused-ring (bicyclic) bond motifs is 1. The number of urea groups is 1. The number of amides is 2. The van der Waals surface area contributed by atoms with Crippen LogP contribution >= 0.6 is 22.9 Å². The van der Waals surface area contributed by atoms with E-state index in [0.29, 0.717) is 39.8 Å². The molecule has 1 aromatic carbocycles. The van der Waals surface area contributed by atoms with E-state index in [1.807, 2.05) is 23.1 Å². The number of rotatable bonds is 9. The average molecular weight is 700 g/mol. The number of benzene rings is 1. The smallest absolute Gasteiger partial charge is 0.431 e. The maximum Gasteiger partial charge on any atom is 0.511 e. The van der Waals surface area contributed by atoms with Crippen LogP contribution in [-0.4, -0.2) is 72.4 Å². The van der Waals surface area contributed by atoms with Crippen molar-refractivity contribution < 1.29 is 33.1 Å². The Balaban J connectivity index is 1.19. The zero-order chi connectivity index (χ0) is 33.8. The molecule has 0 spiro atoms. The lowest BCUT2D eigenvalue weighted by Crippen LogP contribution is -2.51. The minimum Gasteiger partial charge on any atom is -0.431 e. The van der Waals surface area contributed by atoms with Crippen LogP contribution in [0.1, 0.15) is 81.8 Å². The Morgan fingerprint density at radius 3 is 2.52 bits per heavy atom. The fourth-order valence-corrected chi connectivity index (χ4v) is 7.52. The number of carbonyl (C=O) groups excluding carboxylic acids is 3. The van der Waals surface area contributed by atoms with Gasteiger partial charge in [-0.2, -0.15) is 0 Å². The van der Waals surface area contributed by atoms with Gasteiger partial charge in [0.15, 0.2) is 5.76 Å². The van der Waals surface area contributed by atoms with E-state index in [1.165, 1.54) is 18.3 Å². The summed E-state index contributed by atoms with van der Waals surface area (Å²) in [5.41, 5.74) is 1.88. The van der Waals surface area contributed by atoms with Gasteiger partial charge in [0.2, 0.25) is 6.29 Å². The summed E-state index contributed by atoms with van der Waals surface area (Å²) >= 11 is 7.51. The monoisotopic (exact) mass is 699 g/mol. The van der Waals surface area contributed by atoms with Gasteiger partial charge < -0.3 is 33.9 Å². The Labute approximate surface area is 289 Å². The SMILES string of the molecule is CC(OC(=O)OC1CCCCC1)OC(=O)c1cccc2c1N(C(=O)NC1CCN(C(C)C)CC1)CN2Cc1cc(-c2ccc(Cl)s2)on1. The molecule has 2 aliphatic heterocycles. The molecule has 258 valence electrons. The number of hydrogen-bond donors (Lipinski definition) is 1. The largest absolute Gasteiger partial charge is 0.511 e. The number of esters is 1. The second-order valence-electron chi connectivity index (χ2n) is 12.8. The van der Waals surface area contributed by atoms with E-state index in [4.69, 9.17) is 30.3 Å². The van der Waals surface area contributed by atoms with E-state index in [0.717, 1.165) is 62.9 Å². The number of ether oxygens (including phenoxy) is 3. The maximum atomic E-state index is 13.9. The van der Waals surface area contributed by atoms with E-state index in [2.05, 4.69) is 29.2 Å². The zero-order valence-corrected chi connectivity index (χ0v) is 29.1. The van der Waals surface area contributed by atoms with Crippen LogP contribution in [0.4, 0.5) is 21.0 Å². The quantitative estimate of drug-likeness (QED) is 0.178. The second-order valence-corrected chi connectivity index (χ2v) is 14.5. The Morgan fingerprint density at radius 2 is 1.81 bits per heavy atom. The van der Waals surface area contributed by atoms with Crippen molar-refractivity contribution >= 4 is 52.5 Å². The molecule has 0 bridgehead atoms. The Morgan fingerprint density at radius 1 is 1.04 bits per heavy atom. The van der Waals surface area contributed by atoms with Crippen molar-refractivity contribution in [1.82, 2.24) is 15.4 Å². The lowest BCUT2D eigenvalue weighted by atomic mass is 9.98. The summed E-state index contributed by atoms with van der Waals surface area (Å²) in [5.74, 6) is -0.134. The van der Waals surface area contributed by atoms with E-state index in [-0.39, 0.29) is 30.4 Å². The normalized spacial score (nSPS) is 18.1. The lowest BCUT2D eigenvalue weighted by Gasteiger charge is -2.35. The number of para-hydroxylation sites is 1. The predicted molar refractivity (Wildman–Crippen MR) is 182 cm³/mol. The van der Waals surface area contributed by atoms with Crippen molar-refractivity contribution in [2.75, 3.05) is 29.6 Å². The van der Waals surface area contributed by atoms with Crippen molar-refractivity contribution in [2.45, 2.75) is 96.7 Å². The van der Waals surface area contributed by atoms with Crippen LogP contribution in [0.3, 0.4) is 0 Å². The first-order valence-electron chi connectivity index (χ1n) is 16.6. The van der Waals surface area contributed by atoms with Crippen LogP contribution in [0, 0.1) is 0 Å². The van der Waals surface area contributed by atoms with Crippen LogP contribution < -0.4 is 15.1 Å². The van der Waals surface area contributed by atoms with E-state index < -0.39 is 18.4 Å². The third-order valence-electron chi connectivity index (χ3n) is 9.07. The van der Waals surface area contributed by atoms with Gasteiger partial charge in [-0.05, 0) is 76.6 Å². The molecule has 3 aromatic rings. The third-order valence-corrected chi connectivity index (χ3v) is 10.3. The number of aromatic nitrogens is 1. The van der Waals surface area contributed by atoms with Crippen LogP contribution in [0.5, 0.6) is 0 Å². The van der Waals surface area contributed by atoms with Crippen LogP contribution in [-0.2, 0) is 20.8 Å². The summed E-state index contributed by atoms with van der Waals surface area (Å²) in [6, 6.07) is 10.8. The summed E-state index contributed by atoms with van der Waals surface area (Å²) in [6.07, 6.45) is 4.12. The van der Waals surface area contributed by atoms with Gasteiger partial charge in [0, 0.05) is 38.2 Å². The number of nitrogens with one attached hydrogen (secondary N) is 1. The van der Waals surface area contributed by atoms with Crippen molar-refractivity contribution in [3.05, 3.63) is 52.0 Å². The summed E-state index contributed by atoms with van der Waals surface area (Å²) < 4.78 is 22.5. The predicted octanol–water partition coefficient (Wildman–Crippen LogP) is 7.41. The molecule has 2 amide bonds. The Kier molecular flexibility index (Phi) is 10.8. The standard InChI is InChI=1S/C34H42ClN5O7S/c1-21(2)38-16-14-23(15-17-38)36-33(42)40-20-39(19-24-18-28(47-37-24)29-12-13-30(35)48-29)27-11-7-10-26(31(27)40)32(41)44-22(3)45-34(43)46-25-8-5-4-6-9-25/h7,10-13,18,21-23,25H,4-6,8-9,14-17,19-20H2,1-3H3,(H,36,42). The molecule has 2 aromatic heterocycles. The third kappa shape index (κ3) is 8.07. The van der Waals surface area contributed by atoms with Crippen LogP contribution in [0.2, 0.25) is 4.34 Å². The van der Waals surface area contributed by atoms with Crippen molar-refractivity contribution in [3.8, 4) is 10.6 Å². The molecule has 12 nitrogen and oxygen atoms in total. The highest BCUT2D eigenvalue weighted by atomic mass is 35.5. The number of piperidine rings is 1. The number of anilines is 2. The maximum absolute atomic E-state index is 13.9. The first kappa shape index (κ1) is 34.1. The highest BCUT2D eigenvalue weighted by Gasteiger charge is 2.37. The van der Waals surface area contributed by atoms with Gasteiger partial charge in [0.1, 0.15) is 18.5 Å². The molecule has 1 saturated heterocycles. The number of halogens is 1. The minimum absolute atomic E-state index is 0.00318. The minimum atomic E-state index is -1.20. The van der Waals surface area contributed by atoms with E-state index in [1.54, 1.807) is 23.1 Å². The number of carbonyl (C=O) groups is 3. The highest BCUT2D eigenvalue weighted by Crippen LogP contribution is 2.41. The molecule has 1 N–H and O–H groups in total. The molecule has 1 aliphatic carbocycles. The molecule has 1 saturated carbocycles. The first-order valence-corrected chi connectivity index (χ1v) is 17.8. The molecule has 1 unspecified atom stereocenters. The molecule has 6 rings (SSSR count). The van der Waals surface area contributed by atoms with Gasteiger partial charge in [0.05, 0.1) is 32.7 Å². The summed E-state index contributed by atoms with van der Waals surface area (Å²) in [4.78, 5) is 46.7. The molecular weight excluding hydrogens is 658 g/mol. The Hall–Kier alpha value is -3.81. The van der Waals surface area contributed by atoms with Crippen molar-refractivity contribution in [2.24, 2.45) is 0 Å². The molecule has 0 radical (unpaired) electrons. The van der Waals surface area contributed by atoms with Crippen molar-refractivity contribution in [1.29, 1.82) is 0 Å². The highest BCUT2D eigenvalue weighted by molar-refractivity contribution is 7.19. The lowest BCUT2D eigenvalue weighted by molar-refractivity contribution is -0.0914. The summed E-state index contributed by atoms with van der Waals surface area (Å²) in [6.45, 7) is 8.09. The van der Waals surface area contributed by atoms with Crippen LogP contribution in [0.25, 0.3) is 10.6 Å². The van der Waals surface area contributed by atoms with E-state index >= 15 is 0 Å². The average Bonchev–Trinajstić information content (AvgIpc) is 3.80. The molecule has 2 fully saturated rings. The van der Waals surface area contributed by atoms with Gasteiger partial charge in [0.25, 0.3) is 0 Å². The Bertz CT molecular complexity index is 1600. The molecule has 4 heterocycles. The van der Waals surface area contributed by atoms with Crippen molar-refractivity contribution in [3.63, 3.8) is 0 Å². The van der Waals surface area contributed by atoms with Gasteiger partial charge in [-0.25, -0.2) is 14.4 Å². The van der Waals surface area contributed by atoms with Gasteiger partial charge in [-0.3, -0.25) is 4.90 Å². The zero-order valence-electron chi connectivity index (χ0n) is 27.5. The van der Waals surface area contributed by atoms with Gasteiger partial charge in [-0.1, -0.05) is 29.2 Å². The van der Waals surface area contributed by atoms with Crippen LogP contribution in [0.15, 0.2) is 40.9 Å². The summed E-state index contributed by atoms with van der Waals surface area (Å²) in [7, 11) is 0. The van der Waals surface area contributed by atoms with Gasteiger partial charge in [-0.15, -0.1) is 11.3 Å². The number of nitrogens with zero attached hydrogens (tertiary/aromatic N) is 4. The molecule has 1 atom stereocenters. The first-order chi connectivity index (χ1) is 23.1. The van der Waals surface area contributed by atoms with Gasteiger partial charge >= 0.3 is 18.2 Å².